The molecule has 0 atom stereocenters. The van der Waals surface area contributed by atoms with Gasteiger partial charge in [-0.25, -0.2) is 18.2 Å². The number of methoxy groups -OCH3 is 2. The second-order valence-electron chi connectivity index (χ2n) is 5.58. The topological polar surface area (TPSA) is 120 Å². The number of carbonyl (C=O) groups excluding carboxylic acids is 1. The number of anilines is 1. The Labute approximate surface area is 171 Å². The van der Waals surface area contributed by atoms with E-state index in [1.807, 2.05) is 0 Å². The molecular formula is C18H15ClN4O5S. The molecule has 0 bridgehead atoms. The normalized spacial score (nSPS) is 11.0. The number of halogens is 1. The summed E-state index contributed by atoms with van der Waals surface area (Å²) < 4.78 is 38.0. The monoisotopic (exact) mass is 434 g/mol. The molecule has 0 unspecified atom stereocenters. The lowest BCUT2D eigenvalue weighted by molar-refractivity contribution is 0.0600. The van der Waals surface area contributed by atoms with Crippen molar-refractivity contribution >= 4 is 33.4 Å². The fourth-order valence-electron chi connectivity index (χ4n) is 2.45. The van der Waals surface area contributed by atoms with Gasteiger partial charge >= 0.3 is 5.97 Å². The smallest absolute Gasteiger partial charge is 0.337 e. The van der Waals surface area contributed by atoms with Gasteiger partial charge in [-0.05, 0) is 24.3 Å². The third-order valence-corrected chi connectivity index (χ3v) is 5.33. The van der Waals surface area contributed by atoms with E-state index in [9.17, 15) is 13.2 Å². The number of nitrogens with one attached hydrogen (secondary N) is 1. The van der Waals surface area contributed by atoms with Gasteiger partial charge in [0.2, 0.25) is 5.82 Å². The second kappa shape index (κ2) is 8.41. The SMILES string of the molecule is COC(=O)c1ccc(-c2ncccc2S(=O)(=O)Nc2ncc(Cl)nc2OC)cc1. The maximum absolute atomic E-state index is 13.0. The van der Waals surface area contributed by atoms with Crippen LogP contribution in [0.4, 0.5) is 5.82 Å². The second-order valence-corrected chi connectivity index (χ2v) is 7.61. The number of pyridine rings is 1. The fourth-order valence-corrected chi connectivity index (χ4v) is 3.77. The van der Waals surface area contributed by atoms with Crippen molar-refractivity contribution in [3.63, 3.8) is 0 Å². The number of sulfonamides is 1. The highest BCUT2D eigenvalue weighted by Gasteiger charge is 2.23. The number of ether oxygens (including phenoxy) is 2. The number of esters is 1. The van der Waals surface area contributed by atoms with E-state index in [2.05, 4.69) is 24.4 Å². The maximum Gasteiger partial charge on any atom is 0.337 e. The van der Waals surface area contributed by atoms with Crippen molar-refractivity contribution < 1.29 is 22.7 Å². The Morgan fingerprint density at radius 3 is 2.48 bits per heavy atom. The van der Waals surface area contributed by atoms with Gasteiger partial charge in [-0.15, -0.1) is 0 Å². The fraction of sp³-hybridized carbons (Fsp3) is 0.111. The van der Waals surface area contributed by atoms with Crippen LogP contribution in [0.1, 0.15) is 10.4 Å². The van der Waals surface area contributed by atoms with Crippen molar-refractivity contribution in [2.45, 2.75) is 4.90 Å². The first-order chi connectivity index (χ1) is 13.9. The molecule has 0 aliphatic carbocycles. The average molecular weight is 435 g/mol. The first kappa shape index (κ1) is 20.5. The van der Waals surface area contributed by atoms with Crippen LogP contribution in [0.25, 0.3) is 11.3 Å². The lowest BCUT2D eigenvalue weighted by atomic mass is 10.1. The van der Waals surface area contributed by atoms with Crippen LogP contribution < -0.4 is 9.46 Å². The molecule has 150 valence electrons. The van der Waals surface area contributed by atoms with Crippen LogP contribution in [-0.2, 0) is 14.8 Å². The summed E-state index contributed by atoms with van der Waals surface area (Å²) >= 11 is 5.76. The minimum Gasteiger partial charge on any atom is -0.478 e. The number of aromatic nitrogens is 3. The van der Waals surface area contributed by atoms with E-state index >= 15 is 0 Å². The number of hydrogen-bond acceptors (Lipinski definition) is 8. The summed E-state index contributed by atoms with van der Waals surface area (Å²) in [6.07, 6.45) is 2.66. The standard InChI is InChI=1S/C18H15ClN4O5S/c1-27-17-16(21-10-14(19)22-17)23-29(25,26)13-4-3-9-20-15(13)11-5-7-12(8-6-11)18(24)28-2/h3-10H,1-2H3,(H,21,23). The summed E-state index contributed by atoms with van der Waals surface area (Å²) in [5.41, 5.74) is 1.01. The van der Waals surface area contributed by atoms with E-state index in [1.54, 1.807) is 12.1 Å². The molecule has 1 aromatic carbocycles. The number of nitrogens with zero attached hydrogens (tertiary/aromatic N) is 3. The highest BCUT2D eigenvalue weighted by Crippen LogP contribution is 2.29. The molecule has 0 saturated heterocycles. The van der Waals surface area contributed by atoms with Crippen molar-refractivity contribution in [3.8, 4) is 17.1 Å². The van der Waals surface area contributed by atoms with Crippen LogP contribution >= 0.6 is 11.6 Å². The van der Waals surface area contributed by atoms with E-state index < -0.39 is 16.0 Å². The zero-order valence-corrected chi connectivity index (χ0v) is 16.9. The Morgan fingerprint density at radius 2 is 1.83 bits per heavy atom. The van der Waals surface area contributed by atoms with E-state index in [4.69, 9.17) is 16.3 Å². The third kappa shape index (κ3) is 4.44. The van der Waals surface area contributed by atoms with Crippen molar-refractivity contribution in [1.29, 1.82) is 0 Å². The third-order valence-electron chi connectivity index (χ3n) is 3.78. The molecule has 1 N–H and O–H groups in total. The molecule has 29 heavy (non-hydrogen) atoms. The minimum absolute atomic E-state index is 0.0533. The molecule has 2 heterocycles. The number of rotatable bonds is 6. The number of hydrogen-bond donors (Lipinski definition) is 1. The van der Waals surface area contributed by atoms with Gasteiger partial charge in [0, 0.05) is 11.8 Å². The van der Waals surface area contributed by atoms with Crippen molar-refractivity contribution in [2.75, 3.05) is 18.9 Å². The van der Waals surface area contributed by atoms with Gasteiger partial charge in [-0.2, -0.15) is 4.98 Å². The van der Waals surface area contributed by atoms with E-state index in [1.165, 1.54) is 50.9 Å². The zero-order valence-electron chi connectivity index (χ0n) is 15.3. The molecule has 2 aromatic heterocycles. The van der Waals surface area contributed by atoms with Crippen LogP contribution in [-0.4, -0.2) is 43.6 Å². The molecule has 0 amide bonds. The van der Waals surface area contributed by atoms with Gasteiger partial charge < -0.3 is 9.47 Å². The molecule has 3 rings (SSSR count). The van der Waals surface area contributed by atoms with Gasteiger partial charge in [-0.1, -0.05) is 23.7 Å². The number of carbonyl (C=O) groups is 1. The summed E-state index contributed by atoms with van der Waals surface area (Å²) in [7, 11) is -1.51. The van der Waals surface area contributed by atoms with Crippen molar-refractivity contribution in [3.05, 3.63) is 59.5 Å². The van der Waals surface area contributed by atoms with Gasteiger partial charge in [-0.3, -0.25) is 9.71 Å². The van der Waals surface area contributed by atoms with Crippen LogP contribution in [0.5, 0.6) is 5.88 Å². The van der Waals surface area contributed by atoms with E-state index in [-0.39, 0.29) is 27.4 Å². The molecule has 0 aliphatic heterocycles. The number of benzene rings is 1. The van der Waals surface area contributed by atoms with Crippen LogP contribution in [0, 0.1) is 0 Å². The highest BCUT2D eigenvalue weighted by atomic mass is 35.5. The molecule has 0 saturated carbocycles. The van der Waals surface area contributed by atoms with Crippen LogP contribution in [0.3, 0.4) is 0 Å². The Kier molecular flexibility index (Phi) is 5.95. The maximum atomic E-state index is 13.0. The lowest BCUT2D eigenvalue weighted by Crippen LogP contribution is -2.16. The molecule has 9 nitrogen and oxygen atoms in total. The molecule has 0 fully saturated rings. The first-order valence-electron chi connectivity index (χ1n) is 8.09. The minimum atomic E-state index is -4.10. The molecular weight excluding hydrogens is 420 g/mol. The Balaban J connectivity index is 2.01. The molecule has 11 heteroatoms. The van der Waals surface area contributed by atoms with Crippen molar-refractivity contribution in [1.82, 2.24) is 15.0 Å². The quantitative estimate of drug-likeness (QED) is 0.588. The predicted octanol–water partition coefficient (Wildman–Crippen LogP) is 2.79. The van der Waals surface area contributed by atoms with Gasteiger partial charge in [0.15, 0.2) is 5.15 Å². The van der Waals surface area contributed by atoms with E-state index in [0.717, 1.165) is 0 Å². The van der Waals surface area contributed by atoms with Crippen LogP contribution in [0.2, 0.25) is 5.15 Å². The molecule has 0 radical (unpaired) electrons. The summed E-state index contributed by atoms with van der Waals surface area (Å²) in [6, 6.07) is 9.09. The Bertz CT molecular complexity index is 1150. The zero-order chi connectivity index (χ0) is 21.0. The Morgan fingerprint density at radius 1 is 1.10 bits per heavy atom. The Hall–Kier alpha value is -3.24. The molecule has 0 aliphatic rings. The summed E-state index contributed by atoms with van der Waals surface area (Å²) in [6.45, 7) is 0. The lowest BCUT2D eigenvalue weighted by Gasteiger charge is -2.13. The molecule has 3 aromatic rings. The molecule has 0 spiro atoms. The average Bonchev–Trinajstić information content (AvgIpc) is 2.74. The first-order valence-corrected chi connectivity index (χ1v) is 9.95. The predicted molar refractivity (Wildman–Crippen MR) is 105 cm³/mol. The van der Waals surface area contributed by atoms with Crippen LogP contribution in [0.15, 0.2) is 53.7 Å². The van der Waals surface area contributed by atoms with E-state index in [0.29, 0.717) is 11.1 Å². The summed E-state index contributed by atoms with van der Waals surface area (Å²) in [5.74, 6) is -0.692. The highest BCUT2D eigenvalue weighted by molar-refractivity contribution is 7.92. The summed E-state index contributed by atoms with van der Waals surface area (Å²) in [4.78, 5) is 23.5. The van der Waals surface area contributed by atoms with Crippen molar-refractivity contribution in [2.24, 2.45) is 0 Å². The largest absolute Gasteiger partial charge is 0.478 e. The van der Waals surface area contributed by atoms with Gasteiger partial charge in [0.05, 0.1) is 31.7 Å². The summed E-state index contributed by atoms with van der Waals surface area (Å²) in [5, 5.41) is 0.0533. The van der Waals surface area contributed by atoms with Gasteiger partial charge in [0.1, 0.15) is 4.90 Å². The van der Waals surface area contributed by atoms with Gasteiger partial charge in [0.25, 0.3) is 15.9 Å².